The maximum absolute atomic E-state index is 10.4. The quantitative estimate of drug-likeness (QED) is 0.835. The predicted octanol–water partition coefficient (Wildman–Crippen LogP) is 2.46. The highest BCUT2D eigenvalue weighted by atomic mass is 35.5. The van der Waals surface area contributed by atoms with Crippen molar-refractivity contribution in [1.82, 2.24) is 0 Å². The molecule has 0 atom stereocenters. The summed E-state index contributed by atoms with van der Waals surface area (Å²) in [4.78, 5) is 10.4. The maximum Gasteiger partial charge on any atom is 0.303 e. The van der Waals surface area contributed by atoms with Gasteiger partial charge in [-0.15, -0.1) is 0 Å². The topological polar surface area (TPSA) is 66.8 Å². The molecule has 1 aromatic rings. The van der Waals surface area contributed by atoms with E-state index in [2.05, 4.69) is 0 Å². The Bertz CT molecular complexity index is 390. The number of carboxylic acid groups (broad SMARTS) is 1. The zero-order chi connectivity index (χ0) is 12.1. The molecular formula is C11H13ClO4. The first-order valence-corrected chi connectivity index (χ1v) is 5.19. The fourth-order valence-corrected chi connectivity index (χ4v) is 1.64. The summed E-state index contributed by atoms with van der Waals surface area (Å²) < 4.78 is 4.94. The van der Waals surface area contributed by atoms with Gasteiger partial charge in [-0.25, -0.2) is 0 Å². The number of aryl methyl sites for hydroxylation is 1. The van der Waals surface area contributed by atoms with Crippen LogP contribution in [0.25, 0.3) is 0 Å². The Balaban J connectivity index is 2.78. The second kappa shape index (κ2) is 5.61. The van der Waals surface area contributed by atoms with Crippen LogP contribution in [0.4, 0.5) is 0 Å². The zero-order valence-electron chi connectivity index (χ0n) is 8.86. The van der Waals surface area contributed by atoms with Crippen molar-refractivity contribution in [3.63, 3.8) is 0 Å². The van der Waals surface area contributed by atoms with Gasteiger partial charge in [-0.2, -0.15) is 0 Å². The highest BCUT2D eigenvalue weighted by Crippen LogP contribution is 2.34. The van der Waals surface area contributed by atoms with Crippen LogP contribution < -0.4 is 4.74 Å². The van der Waals surface area contributed by atoms with Crippen molar-refractivity contribution in [3.8, 4) is 11.5 Å². The molecule has 5 heteroatoms. The molecule has 0 unspecified atom stereocenters. The highest BCUT2D eigenvalue weighted by Gasteiger charge is 2.10. The Morgan fingerprint density at radius 3 is 2.75 bits per heavy atom. The zero-order valence-corrected chi connectivity index (χ0v) is 9.62. The number of hydrogen-bond donors (Lipinski definition) is 2. The Hall–Kier alpha value is -1.42. The number of methoxy groups -OCH3 is 1. The van der Waals surface area contributed by atoms with Gasteiger partial charge >= 0.3 is 5.97 Å². The Morgan fingerprint density at radius 2 is 2.19 bits per heavy atom. The van der Waals surface area contributed by atoms with Gasteiger partial charge in [-0.05, 0) is 24.5 Å². The van der Waals surface area contributed by atoms with E-state index in [1.54, 1.807) is 6.07 Å². The molecule has 0 radical (unpaired) electrons. The lowest BCUT2D eigenvalue weighted by Gasteiger charge is -2.09. The molecule has 88 valence electrons. The number of rotatable bonds is 5. The van der Waals surface area contributed by atoms with E-state index < -0.39 is 5.97 Å². The van der Waals surface area contributed by atoms with Gasteiger partial charge in [0.2, 0.25) is 0 Å². The number of benzene rings is 1. The summed E-state index contributed by atoms with van der Waals surface area (Å²) >= 11 is 5.83. The molecule has 0 heterocycles. The van der Waals surface area contributed by atoms with Crippen molar-refractivity contribution in [1.29, 1.82) is 0 Å². The van der Waals surface area contributed by atoms with E-state index in [4.69, 9.17) is 21.4 Å². The molecule has 0 fully saturated rings. The van der Waals surface area contributed by atoms with E-state index in [0.29, 0.717) is 29.2 Å². The van der Waals surface area contributed by atoms with Gasteiger partial charge in [0.25, 0.3) is 0 Å². The minimum Gasteiger partial charge on any atom is -0.504 e. The third kappa shape index (κ3) is 3.31. The van der Waals surface area contributed by atoms with Gasteiger partial charge in [0.05, 0.1) is 7.11 Å². The van der Waals surface area contributed by atoms with Crippen molar-refractivity contribution in [2.24, 2.45) is 0 Å². The largest absolute Gasteiger partial charge is 0.504 e. The van der Waals surface area contributed by atoms with Crippen LogP contribution >= 0.6 is 11.6 Å². The van der Waals surface area contributed by atoms with Crippen LogP contribution in [0.1, 0.15) is 18.4 Å². The Labute approximate surface area is 98.4 Å². The van der Waals surface area contributed by atoms with Crippen LogP contribution in [0.15, 0.2) is 12.1 Å². The fourth-order valence-electron chi connectivity index (χ4n) is 1.40. The molecule has 0 aliphatic heterocycles. The highest BCUT2D eigenvalue weighted by molar-refractivity contribution is 6.30. The number of phenolic OH excluding ortho intramolecular Hbond substituents is 1. The van der Waals surface area contributed by atoms with Crippen LogP contribution in [0, 0.1) is 0 Å². The van der Waals surface area contributed by atoms with E-state index in [-0.39, 0.29) is 12.2 Å². The molecule has 0 aliphatic rings. The molecule has 2 N–H and O–H groups in total. The van der Waals surface area contributed by atoms with Crippen LogP contribution in [0.2, 0.25) is 5.02 Å². The molecule has 16 heavy (non-hydrogen) atoms. The molecule has 0 amide bonds. The average Bonchev–Trinajstić information content (AvgIpc) is 2.22. The smallest absolute Gasteiger partial charge is 0.303 e. The molecule has 1 rings (SSSR count). The van der Waals surface area contributed by atoms with Crippen LogP contribution in [-0.2, 0) is 11.2 Å². The summed E-state index contributed by atoms with van der Waals surface area (Å²) in [6.45, 7) is 0. The van der Waals surface area contributed by atoms with Gasteiger partial charge in [0.15, 0.2) is 11.5 Å². The number of aromatic hydroxyl groups is 1. The van der Waals surface area contributed by atoms with Gasteiger partial charge < -0.3 is 14.9 Å². The standard InChI is InChI=1S/C11H13ClO4/c1-16-9-6-8(12)5-7(11(9)15)3-2-4-10(13)14/h5-6,15H,2-4H2,1H3,(H,13,14). The van der Waals surface area contributed by atoms with Crippen molar-refractivity contribution < 1.29 is 19.7 Å². The minimum atomic E-state index is -0.853. The van der Waals surface area contributed by atoms with Crippen LogP contribution in [0.3, 0.4) is 0 Å². The lowest BCUT2D eigenvalue weighted by Crippen LogP contribution is -1.97. The van der Waals surface area contributed by atoms with Crippen LogP contribution in [-0.4, -0.2) is 23.3 Å². The van der Waals surface area contributed by atoms with Crippen molar-refractivity contribution in [2.45, 2.75) is 19.3 Å². The number of aliphatic carboxylic acids is 1. The number of hydrogen-bond acceptors (Lipinski definition) is 3. The molecule has 0 bridgehead atoms. The molecule has 0 aliphatic carbocycles. The monoisotopic (exact) mass is 244 g/mol. The predicted molar refractivity (Wildman–Crippen MR) is 60.2 cm³/mol. The van der Waals surface area contributed by atoms with E-state index in [1.807, 2.05) is 0 Å². The number of carboxylic acids is 1. The third-order valence-corrected chi connectivity index (χ3v) is 2.39. The SMILES string of the molecule is COc1cc(Cl)cc(CCCC(=O)O)c1O. The van der Waals surface area contributed by atoms with Crippen molar-refractivity contribution >= 4 is 17.6 Å². The summed E-state index contributed by atoms with van der Waals surface area (Å²) in [5.41, 5.74) is 0.602. The molecule has 4 nitrogen and oxygen atoms in total. The Kier molecular flexibility index (Phi) is 4.43. The summed E-state index contributed by atoms with van der Waals surface area (Å²) in [7, 11) is 1.44. The number of phenols is 1. The summed E-state index contributed by atoms with van der Waals surface area (Å²) in [6, 6.07) is 3.12. The Morgan fingerprint density at radius 1 is 1.50 bits per heavy atom. The normalized spacial score (nSPS) is 10.1. The average molecular weight is 245 g/mol. The second-order valence-corrected chi connectivity index (χ2v) is 3.80. The summed E-state index contributed by atoms with van der Waals surface area (Å²) in [6.07, 6.45) is 0.968. The first-order valence-electron chi connectivity index (χ1n) is 4.81. The lowest BCUT2D eigenvalue weighted by atomic mass is 10.1. The fraction of sp³-hybridized carbons (Fsp3) is 0.364. The van der Waals surface area contributed by atoms with Gasteiger partial charge in [0, 0.05) is 17.5 Å². The number of halogens is 1. The van der Waals surface area contributed by atoms with E-state index in [9.17, 15) is 9.90 Å². The molecule has 1 aromatic carbocycles. The molecule has 0 saturated carbocycles. The van der Waals surface area contributed by atoms with E-state index in [0.717, 1.165) is 0 Å². The van der Waals surface area contributed by atoms with Gasteiger partial charge in [0.1, 0.15) is 0 Å². The van der Waals surface area contributed by atoms with Gasteiger partial charge in [-0.3, -0.25) is 4.79 Å². The van der Waals surface area contributed by atoms with Crippen LogP contribution in [0.5, 0.6) is 11.5 Å². The van der Waals surface area contributed by atoms with E-state index in [1.165, 1.54) is 13.2 Å². The first-order chi connectivity index (χ1) is 7.54. The minimum absolute atomic E-state index is 0.0253. The first kappa shape index (κ1) is 12.6. The lowest BCUT2D eigenvalue weighted by molar-refractivity contribution is -0.137. The summed E-state index contributed by atoms with van der Waals surface area (Å²) in [5, 5.41) is 18.7. The molecule has 0 saturated heterocycles. The number of carbonyl (C=O) groups is 1. The van der Waals surface area contributed by atoms with E-state index >= 15 is 0 Å². The second-order valence-electron chi connectivity index (χ2n) is 3.36. The third-order valence-electron chi connectivity index (χ3n) is 2.18. The maximum atomic E-state index is 10.4. The van der Waals surface area contributed by atoms with Crippen molar-refractivity contribution in [3.05, 3.63) is 22.7 Å². The van der Waals surface area contributed by atoms with Gasteiger partial charge in [-0.1, -0.05) is 11.6 Å². The molecule has 0 spiro atoms. The number of ether oxygens (including phenoxy) is 1. The molecular weight excluding hydrogens is 232 g/mol. The summed E-state index contributed by atoms with van der Waals surface area (Å²) in [5.74, 6) is -0.524. The van der Waals surface area contributed by atoms with Crippen molar-refractivity contribution in [2.75, 3.05) is 7.11 Å². The molecule has 0 aromatic heterocycles.